The van der Waals surface area contributed by atoms with Crippen LogP contribution in [-0.4, -0.2) is 0 Å². The van der Waals surface area contributed by atoms with E-state index in [9.17, 15) is 0 Å². The molecule has 12 heavy (non-hydrogen) atoms. The normalized spacial score (nSPS) is 19.2. The first-order valence-electron chi connectivity index (χ1n) is 1.43. The number of hydrogen-bond donors (Lipinski definition) is 0. The first-order valence-corrected chi connectivity index (χ1v) is 35.1. The van der Waals surface area contributed by atoms with Gasteiger partial charge in [0.1, 0.15) is 0 Å². The zero-order valence-electron chi connectivity index (χ0n) is 4.54. The summed E-state index contributed by atoms with van der Waals surface area (Å²) in [6.07, 6.45) is 0. The van der Waals surface area contributed by atoms with Gasteiger partial charge in [-0.3, -0.25) is 0 Å². The zero-order valence-corrected chi connectivity index (χ0v) is 17.5. The third-order valence-corrected chi connectivity index (χ3v) is 0. The van der Waals surface area contributed by atoms with E-state index in [-0.39, 0.29) is 0 Å². The summed E-state index contributed by atoms with van der Waals surface area (Å²) >= 11 is 0. The van der Waals surface area contributed by atoms with Crippen LogP contribution in [0.25, 0.3) is 0 Å². The van der Waals surface area contributed by atoms with Gasteiger partial charge in [0.15, 0.2) is 0 Å². The number of halogens is 10. The van der Waals surface area contributed by atoms with Crippen LogP contribution in [0, 0.1) is 0 Å². The summed E-state index contributed by atoms with van der Waals surface area (Å²) in [7, 11) is 41.8. The Kier molecular flexibility index (Phi) is 8.13. The second-order valence-electron chi connectivity index (χ2n) is 1.08. The summed E-state index contributed by atoms with van der Waals surface area (Å²) in [5.74, 6) is 0. The molecule has 0 spiro atoms. The van der Waals surface area contributed by atoms with Crippen LogP contribution in [0.2, 0.25) is 0 Å². The molecule has 0 nitrogen and oxygen atoms in total. The molecule has 0 fully saturated rings. The molecule has 84 valence electrons. The first-order chi connectivity index (χ1) is 4.47. The van der Waals surface area contributed by atoms with Gasteiger partial charge in [-0.05, 0) is 0 Å². The molecular weight excluding hydrogens is 727 g/mol. The Morgan fingerprint density at radius 3 is 0.333 bits per heavy atom. The van der Waals surface area contributed by atoms with Gasteiger partial charge in [0.05, 0.1) is 0 Å². The maximum absolute atomic E-state index is 5.05. The van der Waals surface area contributed by atoms with Crippen LogP contribution in [0.4, 0.5) is 0 Å². The van der Waals surface area contributed by atoms with E-state index in [1.54, 1.807) is 0 Å². The molecule has 12 heteroatoms. The SMILES string of the molecule is [Cl][Re]([Cl])([Cl])([Cl])[Cl].[Cl][Re]([Cl])([Cl])([Cl])[Cl]. The average molecular weight is 727 g/mol. The Morgan fingerprint density at radius 1 is 0.333 bits per heavy atom. The summed E-state index contributed by atoms with van der Waals surface area (Å²) in [6, 6.07) is 0. The molecule has 0 saturated heterocycles. The Labute approximate surface area is 111 Å². The summed E-state index contributed by atoms with van der Waals surface area (Å²) in [6.45, 7) is 0. The van der Waals surface area contributed by atoms with Gasteiger partial charge in [0, 0.05) is 0 Å². The van der Waals surface area contributed by atoms with Gasteiger partial charge in [0.25, 0.3) is 0 Å². The van der Waals surface area contributed by atoms with Gasteiger partial charge in [0.2, 0.25) is 0 Å². The predicted octanol–water partition coefficient (Wildman–Crippen LogP) is 6.89. The van der Waals surface area contributed by atoms with Crippen molar-refractivity contribution in [3.63, 3.8) is 0 Å². The van der Waals surface area contributed by atoms with Crippen molar-refractivity contribution < 1.29 is 18.4 Å². The Hall–Kier alpha value is 4.22. The van der Waals surface area contributed by atoms with E-state index in [2.05, 4.69) is 0 Å². The molecule has 0 aromatic heterocycles. The van der Waals surface area contributed by atoms with Crippen LogP contribution >= 0.6 is 95.3 Å². The van der Waals surface area contributed by atoms with Crippen molar-refractivity contribution in [3.8, 4) is 0 Å². The summed E-state index contributed by atoms with van der Waals surface area (Å²) in [5, 5.41) is 0. The van der Waals surface area contributed by atoms with E-state index in [0.717, 1.165) is 0 Å². The Morgan fingerprint density at radius 2 is 0.333 bits per heavy atom. The minimum atomic E-state index is -4.34. The standard InChI is InChI=1S/10ClH.2Re/h10*1H;;/q;;;;;;;;;;2*+5/p-10. The summed E-state index contributed by atoms with van der Waals surface area (Å²) in [4.78, 5) is 0. The van der Waals surface area contributed by atoms with Crippen LogP contribution in [0.15, 0.2) is 0 Å². The topological polar surface area (TPSA) is 0 Å². The fraction of sp³-hybridized carbons (Fsp3) is 0. The van der Waals surface area contributed by atoms with Crippen molar-refractivity contribution in [2.45, 2.75) is 0 Å². The molecule has 0 bridgehead atoms. The molecule has 0 atom stereocenters. The molecular formula is Cl10Re2. The Bertz CT molecular complexity index is 94.2. The average Bonchev–Trinajstić information content (AvgIpc) is 1.02. The molecule has 0 aliphatic carbocycles. The molecule has 0 aliphatic rings. The molecule has 0 amide bonds. The van der Waals surface area contributed by atoms with Gasteiger partial charge in [-0.1, -0.05) is 0 Å². The van der Waals surface area contributed by atoms with Gasteiger partial charge < -0.3 is 0 Å². The van der Waals surface area contributed by atoms with Crippen molar-refractivity contribution >= 4 is 95.3 Å². The fourth-order valence-electron chi connectivity index (χ4n) is 0. The van der Waals surface area contributed by atoms with Crippen molar-refractivity contribution in [2.24, 2.45) is 0 Å². The quantitative estimate of drug-likeness (QED) is 0.255. The molecule has 0 aromatic rings. The van der Waals surface area contributed by atoms with Crippen LogP contribution in [0.5, 0.6) is 0 Å². The zero-order chi connectivity index (χ0) is 10.9. The molecule has 0 radical (unpaired) electrons. The Balaban J connectivity index is 0. The van der Waals surface area contributed by atoms with Gasteiger partial charge >= 0.3 is 114 Å². The van der Waals surface area contributed by atoms with Crippen LogP contribution < -0.4 is 0 Å². The van der Waals surface area contributed by atoms with Crippen molar-refractivity contribution in [1.29, 1.82) is 0 Å². The third-order valence-electron chi connectivity index (χ3n) is 0. The van der Waals surface area contributed by atoms with Gasteiger partial charge in [-0.15, -0.1) is 0 Å². The van der Waals surface area contributed by atoms with Crippen LogP contribution in [0.3, 0.4) is 0 Å². The van der Waals surface area contributed by atoms with E-state index < -0.39 is 18.4 Å². The molecule has 0 N–H and O–H groups in total. The fourth-order valence-corrected chi connectivity index (χ4v) is 0. The molecule has 0 unspecified atom stereocenters. The predicted molar refractivity (Wildman–Crippen MR) is 58.5 cm³/mol. The van der Waals surface area contributed by atoms with E-state index in [1.807, 2.05) is 0 Å². The molecule has 0 saturated carbocycles. The first kappa shape index (κ1) is 18.6. The van der Waals surface area contributed by atoms with E-state index in [4.69, 9.17) is 95.3 Å². The molecule has 0 rings (SSSR count). The van der Waals surface area contributed by atoms with Crippen molar-refractivity contribution in [3.05, 3.63) is 0 Å². The van der Waals surface area contributed by atoms with Crippen molar-refractivity contribution in [1.82, 2.24) is 0 Å². The molecule has 0 aromatic carbocycles. The third kappa shape index (κ3) is 139. The molecule has 0 heterocycles. The minimum absolute atomic E-state index is 4.34. The van der Waals surface area contributed by atoms with Gasteiger partial charge in [-0.25, -0.2) is 0 Å². The maximum atomic E-state index is 5.05. The monoisotopic (exact) mass is 724 g/mol. The van der Waals surface area contributed by atoms with E-state index in [1.165, 1.54) is 0 Å². The second-order valence-corrected chi connectivity index (χ2v) is 79.6. The number of hydrogen-bond acceptors (Lipinski definition) is 0. The van der Waals surface area contributed by atoms with Crippen molar-refractivity contribution in [2.75, 3.05) is 0 Å². The van der Waals surface area contributed by atoms with Gasteiger partial charge in [-0.2, -0.15) is 0 Å². The summed E-state index contributed by atoms with van der Waals surface area (Å²) in [5.41, 5.74) is 0. The van der Waals surface area contributed by atoms with Crippen LogP contribution in [-0.2, 0) is 18.4 Å². The molecule has 0 aliphatic heterocycles. The second kappa shape index (κ2) is 5.25. The van der Waals surface area contributed by atoms with E-state index >= 15 is 0 Å². The van der Waals surface area contributed by atoms with E-state index in [0.29, 0.717) is 0 Å². The summed E-state index contributed by atoms with van der Waals surface area (Å²) < 4.78 is 0. The number of rotatable bonds is 0. The van der Waals surface area contributed by atoms with Crippen LogP contribution in [0.1, 0.15) is 0 Å².